The average molecular weight is 716 g/mol. The van der Waals surface area contributed by atoms with E-state index < -0.39 is 0 Å². The predicted molar refractivity (Wildman–Crippen MR) is 238 cm³/mol. The summed E-state index contributed by atoms with van der Waals surface area (Å²) in [4.78, 5) is 7.76. The topological polar surface area (TPSA) is 20.5 Å². The number of para-hydroxylation sites is 2. The van der Waals surface area contributed by atoms with E-state index in [1.807, 2.05) is 0 Å². The number of hydrogen-bond acceptors (Lipinski definition) is 2. The van der Waals surface area contributed by atoms with Crippen LogP contribution in [-0.4, -0.2) is 23.9 Å². The van der Waals surface area contributed by atoms with Crippen molar-refractivity contribution in [3.63, 3.8) is 0 Å². The Morgan fingerprint density at radius 2 is 0.964 bits per heavy atom. The minimum Gasteiger partial charge on any atom is -0.366 e. The SMILES string of the molecule is CN1CC(c2cccc(-c3ccc(-c4ccccc4-c4ccc5c(c4)c4ccccc4n5-c4ccccc4)cc3)c2)=Nc2c1c1ccccc1c1ccccc21. The molecule has 2 heterocycles. The molecule has 0 N–H and O–H groups in total. The monoisotopic (exact) mass is 715 g/mol. The highest BCUT2D eigenvalue weighted by molar-refractivity contribution is 6.23. The molecular weight excluding hydrogens is 679 g/mol. The number of nitrogens with zero attached hydrogens (tertiary/aromatic N) is 3. The first-order valence-electron chi connectivity index (χ1n) is 19.3. The molecule has 0 atom stereocenters. The van der Waals surface area contributed by atoms with E-state index in [1.54, 1.807) is 0 Å². The normalized spacial score (nSPS) is 12.7. The molecule has 1 aliphatic rings. The van der Waals surface area contributed by atoms with Crippen LogP contribution >= 0.6 is 0 Å². The summed E-state index contributed by atoms with van der Waals surface area (Å²) in [5.74, 6) is 0. The van der Waals surface area contributed by atoms with E-state index >= 15 is 0 Å². The van der Waals surface area contributed by atoms with Crippen molar-refractivity contribution in [2.24, 2.45) is 4.99 Å². The van der Waals surface area contributed by atoms with Gasteiger partial charge in [0.25, 0.3) is 0 Å². The molecule has 1 aromatic heterocycles. The molecule has 9 aromatic carbocycles. The largest absolute Gasteiger partial charge is 0.366 e. The minimum absolute atomic E-state index is 0.743. The molecular formula is C53H37N3. The summed E-state index contributed by atoms with van der Waals surface area (Å²) in [7, 11) is 2.19. The van der Waals surface area contributed by atoms with Crippen LogP contribution in [0.5, 0.6) is 0 Å². The maximum atomic E-state index is 5.40. The third kappa shape index (κ3) is 5.16. The molecule has 0 amide bonds. The zero-order chi connectivity index (χ0) is 37.2. The van der Waals surface area contributed by atoms with Crippen LogP contribution in [0.25, 0.3) is 82.4 Å². The Kier molecular flexibility index (Phi) is 7.46. The van der Waals surface area contributed by atoms with Gasteiger partial charge >= 0.3 is 0 Å². The summed E-state index contributed by atoms with van der Waals surface area (Å²) in [6, 6.07) is 70.3. The minimum atomic E-state index is 0.743. The summed E-state index contributed by atoms with van der Waals surface area (Å²) in [6.07, 6.45) is 0. The second-order valence-corrected chi connectivity index (χ2v) is 14.8. The number of fused-ring (bicyclic) bond motifs is 9. The molecule has 0 spiro atoms. The number of rotatable bonds is 5. The highest BCUT2D eigenvalue weighted by Crippen LogP contribution is 2.46. The maximum Gasteiger partial charge on any atom is 0.0952 e. The van der Waals surface area contributed by atoms with Crippen LogP contribution in [-0.2, 0) is 0 Å². The Hall–Kier alpha value is -7.23. The summed E-state index contributed by atoms with van der Waals surface area (Å²) in [5.41, 5.74) is 15.3. The van der Waals surface area contributed by atoms with Gasteiger partial charge in [-0.05, 0) is 86.1 Å². The van der Waals surface area contributed by atoms with Crippen molar-refractivity contribution in [2.45, 2.75) is 0 Å². The highest BCUT2D eigenvalue weighted by atomic mass is 15.1. The van der Waals surface area contributed by atoms with Crippen molar-refractivity contribution in [1.82, 2.24) is 4.57 Å². The number of aromatic nitrogens is 1. The smallest absolute Gasteiger partial charge is 0.0952 e. The Bertz CT molecular complexity index is 3170. The van der Waals surface area contributed by atoms with Crippen molar-refractivity contribution in [2.75, 3.05) is 18.5 Å². The van der Waals surface area contributed by atoms with Crippen LogP contribution in [0.4, 0.5) is 11.4 Å². The summed E-state index contributed by atoms with van der Waals surface area (Å²) < 4.78 is 2.37. The second kappa shape index (κ2) is 13.0. The van der Waals surface area contributed by atoms with Crippen LogP contribution < -0.4 is 4.90 Å². The fraction of sp³-hybridized carbons (Fsp3) is 0.0377. The van der Waals surface area contributed by atoms with Gasteiger partial charge in [0.05, 0.1) is 34.7 Å². The Morgan fingerprint density at radius 1 is 0.393 bits per heavy atom. The molecule has 3 heteroatoms. The van der Waals surface area contributed by atoms with Crippen molar-refractivity contribution < 1.29 is 0 Å². The van der Waals surface area contributed by atoms with Gasteiger partial charge in [0.2, 0.25) is 0 Å². The lowest BCUT2D eigenvalue weighted by Gasteiger charge is -2.29. The third-order valence-electron chi connectivity index (χ3n) is 11.5. The van der Waals surface area contributed by atoms with Crippen molar-refractivity contribution in [3.05, 3.63) is 200 Å². The first kappa shape index (κ1) is 32.2. The summed E-state index contributed by atoms with van der Waals surface area (Å²) >= 11 is 0. The van der Waals surface area contributed by atoms with E-state index in [0.29, 0.717) is 0 Å². The molecule has 0 bridgehead atoms. The van der Waals surface area contributed by atoms with Crippen molar-refractivity contribution >= 4 is 60.4 Å². The zero-order valence-corrected chi connectivity index (χ0v) is 31.0. The van der Waals surface area contributed by atoms with Gasteiger partial charge in [-0.15, -0.1) is 0 Å². The maximum absolute atomic E-state index is 5.40. The Morgan fingerprint density at radius 3 is 1.75 bits per heavy atom. The van der Waals surface area contributed by atoms with E-state index in [4.69, 9.17) is 4.99 Å². The quantitative estimate of drug-likeness (QED) is 0.163. The molecule has 0 aliphatic carbocycles. The highest BCUT2D eigenvalue weighted by Gasteiger charge is 2.23. The third-order valence-corrected chi connectivity index (χ3v) is 11.5. The number of hydrogen-bond donors (Lipinski definition) is 0. The average Bonchev–Trinajstić information content (AvgIpc) is 3.60. The molecule has 1 aliphatic heterocycles. The van der Waals surface area contributed by atoms with Gasteiger partial charge in [-0.3, -0.25) is 0 Å². The Labute approximate surface area is 326 Å². The second-order valence-electron chi connectivity index (χ2n) is 14.8. The predicted octanol–water partition coefficient (Wildman–Crippen LogP) is 13.7. The lowest BCUT2D eigenvalue weighted by atomic mass is 9.92. The molecule has 0 saturated carbocycles. The number of anilines is 1. The zero-order valence-electron chi connectivity index (χ0n) is 31.0. The molecule has 0 fully saturated rings. The number of benzene rings is 9. The van der Waals surface area contributed by atoms with Crippen LogP contribution in [0.2, 0.25) is 0 Å². The van der Waals surface area contributed by atoms with Crippen LogP contribution in [0.1, 0.15) is 5.56 Å². The van der Waals surface area contributed by atoms with Crippen molar-refractivity contribution in [1.29, 1.82) is 0 Å². The fourth-order valence-electron chi connectivity index (χ4n) is 8.94. The summed E-state index contributed by atoms with van der Waals surface area (Å²) in [6.45, 7) is 0.743. The van der Waals surface area contributed by atoms with Gasteiger partial charge in [0, 0.05) is 34.3 Å². The Balaban J connectivity index is 0.948. The van der Waals surface area contributed by atoms with Gasteiger partial charge in [0.15, 0.2) is 0 Å². The number of aliphatic imine (C=N–C) groups is 1. The molecule has 0 saturated heterocycles. The molecule has 10 aromatic rings. The molecule has 56 heavy (non-hydrogen) atoms. The molecule has 264 valence electrons. The van der Waals surface area contributed by atoms with Crippen LogP contribution in [0.3, 0.4) is 0 Å². The lowest BCUT2D eigenvalue weighted by molar-refractivity contribution is 1.05. The van der Waals surface area contributed by atoms with Crippen LogP contribution in [0, 0.1) is 0 Å². The van der Waals surface area contributed by atoms with Gasteiger partial charge in [-0.2, -0.15) is 0 Å². The lowest BCUT2D eigenvalue weighted by Crippen LogP contribution is -2.29. The standard InChI is InChI=1S/C53H37N3/c1-55-34-49(54-52-46-23-9-7-20-43(46)44-21-8-10-24-47(44)53(52)55)39-15-13-14-37(32-39)35-26-28-36(29-27-35)41-18-5-6-19-42(41)38-30-31-51-48(33-38)45-22-11-12-25-50(45)56(51)40-16-3-2-4-17-40/h2-33H,34H2,1H3. The number of likely N-dealkylation sites (N-methyl/N-ethyl adjacent to an activating group) is 1. The molecule has 0 radical (unpaired) electrons. The first-order valence-corrected chi connectivity index (χ1v) is 19.3. The van der Waals surface area contributed by atoms with Gasteiger partial charge in [0.1, 0.15) is 0 Å². The summed E-state index contributed by atoms with van der Waals surface area (Å²) in [5, 5.41) is 7.47. The van der Waals surface area contributed by atoms with Crippen LogP contribution in [0.15, 0.2) is 199 Å². The van der Waals surface area contributed by atoms with E-state index in [2.05, 4.69) is 211 Å². The van der Waals surface area contributed by atoms with E-state index in [0.717, 1.165) is 23.5 Å². The van der Waals surface area contributed by atoms with Crippen molar-refractivity contribution in [3.8, 4) is 39.1 Å². The molecule has 11 rings (SSSR count). The van der Waals surface area contributed by atoms with E-state index in [9.17, 15) is 0 Å². The van der Waals surface area contributed by atoms with Gasteiger partial charge in [-0.25, -0.2) is 4.99 Å². The molecule has 0 unspecified atom stereocenters. The molecule has 3 nitrogen and oxygen atoms in total. The van der Waals surface area contributed by atoms with E-state index in [-0.39, 0.29) is 0 Å². The van der Waals surface area contributed by atoms with Gasteiger partial charge in [-0.1, -0.05) is 158 Å². The first-order chi connectivity index (χ1) is 27.7. The fourth-order valence-corrected chi connectivity index (χ4v) is 8.94. The van der Waals surface area contributed by atoms with Gasteiger partial charge < -0.3 is 9.47 Å². The van der Waals surface area contributed by atoms with E-state index in [1.165, 1.54) is 88.1 Å².